The lowest BCUT2D eigenvalue weighted by atomic mass is 9.89. The number of hydrogen-bond donors (Lipinski definition) is 1. The Hall–Kier alpha value is -0.730. The van der Waals surface area contributed by atoms with Crippen molar-refractivity contribution in [2.45, 2.75) is 52.1 Å². The van der Waals surface area contributed by atoms with Crippen molar-refractivity contribution in [3.05, 3.63) is 28.8 Å². The summed E-state index contributed by atoms with van der Waals surface area (Å²) in [6, 6.07) is 6.50. The quantitative estimate of drug-likeness (QED) is 0.825. The summed E-state index contributed by atoms with van der Waals surface area (Å²) in [7, 11) is 0. The van der Waals surface area contributed by atoms with Gasteiger partial charge in [-0.05, 0) is 43.1 Å². The van der Waals surface area contributed by atoms with E-state index in [1.807, 2.05) is 12.1 Å². The number of rotatable bonds is 6. The average molecular weight is 308 g/mol. The zero-order valence-electron chi connectivity index (χ0n) is 13.1. The first-order valence-corrected chi connectivity index (χ1v) is 8.65. The van der Waals surface area contributed by atoms with Crippen molar-refractivity contribution in [2.24, 2.45) is 17.8 Å². The molecule has 0 spiro atoms. The minimum atomic E-state index is 0.461. The van der Waals surface area contributed by atoms with Crippen LogP contribution in [0.5, 0.6) is 5.75 Å². The lowest BCUT2D eigenvalue weighted by Gasteiger charge is -2.23. The maximum absolute atomic E-state index is 6.36. The maximum atomic E-state index is 6.36. The van der Waals surface area contributed by atoms with E-state index in [1.165, 1.54) is 31.2 Å². The largest absolute Gasteiger partial charge is 0.491 e. The highest BCUT2D eigenvalue weighted by atomic mass is 35.5. The van der Waals surface area contributed by atoms with E-state index in [-0.39, 0.29) is 0 Å². The van der Waals surface area contributed by atoms with Gasteiger partial charge in [-0.2, -0.15) is 0 Å². The van der Waals surface area contributed by atoms with Gasteiger partial charge in [0.05, 0.1) is 11.6 Å². The maximum Gasteiger partial charge on any atom is 0.142 e. The molecule has 116 valence electrons. The van der Waals surface area contributed by atoms with Crippen LogP contribution in [0.15, 0.2) is 18.2 Å². The van der Waals surface area contributed by atoms with Crippen LogP contribution in [0.2, 0.25) is 5.02 Å². The summed E-state index contributed by atoms with van der Waals surface area (Å²) in [5.41, 5.74) is 1.17. The fourth-order valence-electron chi connectivity index (χ4n) is 3.94. The number of halogens is 1. The third-order valence-corrected chi connectivity index (χ3v) is 5.37. The van der Waals surface area contributed by atoms with Crippen molar-refractivity contribution < 1.29 is 4.74 Å². The number of hydrogen-bond acceptors (Lipinski definition) is 2. The predicted molar refractivity (Wildman–Crippen MR) is 87.9 cm³/mol. The van der Waals surface area contributed by atoms with Crippen LogP contribution in [0.25, 0.3) is 0 Å². The van der Waals surface area contributed by atoms with Crippen molar-refractivity contribution >= 4 is 11.6 Å². The van der Waals surface area contributed by atoms with Gasteiger partial charge in [0, 0.05) is 18.2 Å². The van der Waals surface area contributed by atoms with Gasteiger partial charge >= 0.3 is 0 Å². The molecule has 2 aliphatic carbocycles. The first-order valence-electron chi connectivity index (χ1n) is 8.27. The van der Waals surface area contributed by atoms with E-state index in [9.17, 15) is 0 Å². The van der Waals surface area contributed by atoms with E-state index < -0.39 is 0 Å². The van der Waals surface area contributed by atoms with Gasteiger partial charge in [0.25, 0.3) is 0 Å². The van der Waals surface area contributed by atoms with E-state index in [2.05, 4.69) is 25.2 Å². The van der Waals surface area contributed by atoms with Crippen LogP contribution in [0.4, 0.5) is 0 Å². The van der Waals surface area contributed by atoms with Gasteiger partial charge in [-0.25, -0.2) is 0 Å². The smallest absolute Gasteiger partial charge is 0.142 e. The molecule has 3 unspecified atom stereocenters. The molecule has 3 heteroatoms. The molecule has 0 amide bonds. The van der Waals surface area contributed by atoms with Crippen LogP contribution < -0.4 is 10.1 Å². The second-order valence-electron chi connectivity index (χ2n) is 7.01. The molecular formula is C18H26ClNO. The highest BCUT2D eigenvalue weighted by molar-refractivity contribution is 6.32. The Morgan fingerprint density at radius 2 is 2.14 bits per heavy atom. The second kappa shape index (κ2) is 6.58. The minimum Gasteiger partial charge on any atom is -0.491 e. The Balaban J connectivity index is 1.63. The van der Waals surface area contributed by atoms with Gasteiger partial charge in [-0.3, -0.25) is 0 Å². The number of fused-ring (bicyclic) bond motifs is 2. The van der Waals surface area contributed by atoms with Crippen molar-refractivity contribution in [1.82, 2.24) is 5.32 Å². The summed E-state index contributed by atoms with van der Waals surface area (Å²) in [5.74, 6) is 3.49. The molecule has 0 aromatic heterocycles. The lowest BCUT2D eigenvalue weighted by molar-refractivity contribution is 0.194. The first kappa shape index (κ1) is 15.2. The van der Waals surface area contributed by atoms with E-state index in [4.69, 9.17) is 16.3 Å². The summed E-state index contributed by atoms with van der Waals surface area (Å²) >= 11 is 6.36. The molecule has 3 atom stereocenters. The molecule has 2 bridgehead atoms. The zero-order chi connectivity index (χ0) is 14.8. The first-order chi connectivity index (χ1) is 10.1. The summed E-state index contributed by atoms with van der Waals surface area (Å²) < 4.78 is 6.16. The monoisotopic (exact) mass is 307 g/mol. The average Bonchev–Trinajstić information content (AvgIpc) is 3.06. The number of benzene rings is 1. The van der Waals surface area contributed by atoms with Crippen molar-refractivity contribution in [3.63, 3.8) is 0 Å². The Morgan fingerprint density at radius 1 is 1.29 bits per heavy atom. The van der Waals surface area contributed by atoms with Gasteiger partial charge in [0.15, 0.2) is 0 Å². The predicted octanol–water partition coefficient (Wildman–Crippen LogP) is 4.65. The number of ether oxygens (including phenoxy) is 1. The van der Waals surface area contributed by atoms with Crippen LogP contribution in [0.3, 0.4) is 0 Å². The molecular weight excluding hydrogens is 282 g/mol. The fraction of sp³-hybridized carbons (Fsp3) is 0.667. The van der Waals surface area contributed by atoms with Crippen LogP contribution in [-0.2, 0) is 6.54 Å². The molecule has 0 aliphatic heterocycles. The SMILES string of the molecule is CC(C)NCc1cccc(Cl)c1OCC1CC2CCC1C2. The summed E-state index contributed by atoms with van der Waals surface area (Å²) in [6.45, 7) is 5.95. The van der Waals surface area contributed by atoms with Gasteiger partial charge in [-0.1, -0.05) is 44.0 Å². The molecule has 3 rings (SSSR count). The highest BCUT2D eigenvalue weighted by Crippen LogP contribution is 2.48. The normalized spacial score (nSPS) is 27.5. The molecule has 0 heterocycles. The molecule has 1 N–H and O–H groups in total. The zero-order valence-corrected chi connectivity index (χ0v) is 13.8. The highest BCUT2D eigenvalue weighted by Gasteiger charge is 2.39. The Bertz CT molecular complexity index is 488. The van der Waals surface area contributed by atoms with Crippen molar-refractivity contribution in [3.8, 4) is 5.75 Å². The van der Waals surface area contributed by atoms with E-state index in [0.29, 0.717) is 6.04 Å². The summed E-state index contributed by atoms with van der Waals surface area (Å²) in [5, 5.41) is 4.18. The van der Waals surface area contributed by atoms with E-state index in [1.54, 1.807) is 0 Å². The molecule has 1 aromatic carbocycles. The van der Waals surface area contributed by atoms with Crippen LogP contribution in [0, 0.1) is 17.8 Å². The fourth-order valence-corrected chi connectivity index (χ4v) is 4.19. The van der Waals surface area contributed by atoms with Gasteiger partial charge < -0.3 is 10.1 Å². The van der Waals surface area contributed by atoms with Gasteiger partial charge in [-0.15, -0.1) is 0 Å². The lowest BCUT2D eigenvalue weighted by Crippen LogP contribution is -2.23. The molecule has 2 nitrogen and oxygen atoms in total. The Morgan fingerprint density at radius 3 is 2.81 bits per heavy atom. The van der Waals surface area contributed by atoms with Crippen molar-refractivity contribution in [2.75, 3.05) is 6.61 Å². The van der Waals surface area contributed by atoms with Gasteiger partial charge in [0.1, 0.15) is 5.75 Å². The second-order valence-corrected chi connectivity index (χ2v) is 7.42. The molecule has 2 aliphatic rings. The number of nitrogens with one attached hydrogen (secondary N) is 1. The minimum absolute atomic E-state index is 0.461. The molecule has 1 aromatic rings. The van der Waals surface area contributed by atoms with Crippen LogP contribution >= 0.6 is 11.6 Å². The molecule has 2 saturated carbocycles. The third-order valence-electron chi connectivity index (χ3n) is 5.08. The van der Waals surface area contributed by atoms with Crippen LogP contribution in [-0.4, -0.2) is 12.6 Å². The molecule has 0 radical (unpaired) electrons. The van der Waals surface area contributed by atoms with E-state index >= 15 is 0 Å². The molecule has 0 saturated heterocycles. The summed E-state index contributed by atoms with van der Waals surface area (Å²) in [4.78, 5) is 0. The number of para-hydroxylation sites is 1. The molecule has 2 fully saturated rings. The summed E-state index contributed by atoms with van der Waals surface area (Å²) in [6.07, 6.45) is 5.63. The third kappa shape index (κ3) is 3.54. The molecule has 21 heavy (non-hydrogen) atoms. The van der Waals surface area contributed by atoms with Crippen molar-refractivity contribution in [1.29, 1.82) is 0 Å². The van der Waals surface area contributed by atoms with E-state index in [0.717, 1.165) is 41.7 Å². The Kier molecular flexibility index (Phi) is 4.75. The van der Waals surface area contributed by atoms with Crippen LogP contribution in [0.1, 0.15) is 45.1 Å². The Labute approximate surface area is 133 Å². The topological polar surface area (TPSA) is 21.3 Å². The van der Waals surface area contributed by atoms with Gasteiger partial charge in [0.2, 0.25) is 0 Å². The standard InChI is InChI=1S/C18H26ClNO/c1-12(2)20-10-15-4-3-5-17(19)18(15)21-11-16-9-13-6-7-14(16)8-13/h3-5,12-14,16,20H,6-11H2,1-2H3.